The van der Waals surface area contributed by atoms with Crippen LogP contribution in [0.25, 0.3) is 66.5 Å². The molecule has 13 nitrogen and oxygen atoms in total. The minimum absolute atomic E-state index is 0.126. The van der Waals surface area contributed by atoms with E-state index in [1.54, 1.807) is 18.2 Å². The first-order valence-electron chi connectivity index (χ1n) is 19.5. The Hall–Kier alpha value is -8.23. The van der Waals surface area contributed by atoms with Crippen LogP contribution in [-0.2, 0) is 4.57 Å². The predicted octanol–water partition coefficient (Wildman–Crippen LogP) is 10.3. The van der Waals surface area contributed by atoms with Crippen molar-refractivity contribution in [3.63, 3.8) is 0 Å². The van der Waals surface area contributed by atoms with E-state index in [1.165, 1.54) is 131 Å². The van der Waals surface area contributed by atoms with E-state index >= 15 is 4.57 Å². The van der Waals surface area contributed by atoms with Gasteiger partial charge in [0.15, 0.2) is 50.8 Å². The molecule has 0 saturated carbocycles. The first-order chi connectivity index (χ1) is 31.3. The molecule has 9 rings (SSSR count). The van der Waals surface area contributed by atoms with Crippen LogP contribution in [0.2, 0.25) is 0 Å². The molecule has 0 aliphatic rings. The zero-order valence-electron chi connectivity index (χ0n) is 34.3. The number of benzene rings is 6. The van der Waals surface area contributed by atoms with Crippen LogP contribution in [0.3, 0.4) is 0 Å². The van der Waals surface area contributed by atoms with Crippen molar-refractivity contribution in [2.75, 3.05) is 21.3 Å². The van der Waals surface area contributed by atoms with Crippen molar-refractivity contribution in [3.05, 3.63) is 176 Å². The highest BCUT2D eigenvalue weighted by Crippen LogP contribution is 2.57. The molecule has 0 bridgehead atoms. The number of pyridine rings is 3. The Morgan fingerprint density at radius 1 is 0.415 bits per heavy atom. The molecular formula is C48H33F3N3O10P. The fraction of sp³-hybridized carbons (Fsp3) is 0.0625. The molecule has 0 aliphatic carbocycles. The quantitative estimate of drug-likeness (QED) is 0.100. The lowest BCUT2D eigenvalue weighted by Gasteiger charge is -2.24. The number of hydrogen-bond acceptors (Lipinski definition) is 10. The van der Waals surface area contributed by atoms with Gasteiger partial charge in [-0.05, 0) is 72.8 Å². The van der Waals surface area contributed by atoms with Gasteiger partial charge in [0.1, 0.15) is 17.5 Å². The minimum Gasteiger partial charge on any atom is -0.493 e. The Morgan fingerprint density at radius 3 is 0.969 bits per heavy atom. The number of methoxy groups -OCH3 is 3. The second kappa shape index (κ2) is 16.8. The van der Waals surface area contributed by atoms with Crippen LogP contribution < -0.4 is 44.1 Å². The number of phosphoric ester groups is 1. The van der Waals surface area contributed by atoms with Crippen molar-refractivity contribution < 1.29 is 45.5 Å². The molecule has 0 atom stereocenters. The summed E-state index contributed by atoms with van der Waals surface area (Å²) in [5, 5.41) is -0.620. The van der Waals surface area contributed by atoms with Crippen molar-refractivity contribution in [1.29, 1.82) is 0 Å². The fourth-order valence-electron chi connectivity index (χ4n) is 7.47. The van der Waals surface area contributed by atoms with Crippen molar-refractivity contribution in [3.8, 4) is 68.3 Å². The number of halogens is 3. The Bertz CT molecular complexity index is 3240. The van der Waals surface area contributed by atoms with Gasteiger partial charge >= 0.3 is 7.82 Å². The summed E-state index contributed by atoms with van der Waals surface area (Å²) in [4.78, 5) is 51.6. The molecule has 0 saturated heterocycles. The van der Waals surface area contributed by atoms with Crippen LogP contribution >= 0.6 is 7.82 Å². The number of aromatic nitrogens is 3. The molecule has 65 heavy (non-hydrogen) atoms. The molecular weight excluding hydrogens is 867 g/mol. The molecule has 0 radical (unpaired) electrons. The highest BCUT2D eigenvalue weighted by Gasteiger charge is 2.40. The molecule has 3 aromatic heterocycles. The van der Waals surface area contributed by atoms with E-state index in [0.29, 0.717) is 16.7 Å². The van der Waals surface area contributed by atoms with E-state index in [2.05, 4.69) is 15.0 Å². The summed E-state index contributed by atoms with van der Waals surface area (Å²) in [5.41, 5.74) is 0.0960. The van der Waals surface area contributed by atoms with Gasteiger partial charge in [0.2, 0.25) is 0 Å². The largest absolute Gasteiger partial charge is 0.647 e. The third-order valence-electron chi connectivity index (χ3n) is 10.4. The molecule has 0 spiro atoms. The number of H-pyrrole nitrogens is 3. The Kier molecular flexibility index (Phi) is 10.9. The summed E-state index contributed by atoms with van der Waals surface area (Å²) in [7, 11) is -1.65. The van der Waals surface area contributed by atoms with Crippen molar-refractivity contribution in [2.24, 2.45) is 0 Å². The molecule has 0 fully saturated rings. The van der Waals surface area contributed by atoms with E-state index < -0.39 is 58.8 Å². The Morgan fingerprint density at radius 2 is 0.708 bits per heavy atom. The smallest absolute Gasteiger partial charge is 0.493 e. The van der Waals surface area contributed by atoms with Gasteiger partial charge in [0, 0.05) is 52.0 Å². The number of ether oxygens (including phenoxy) is 3. The number of hydrogen-bond donors (Lipinski definition) is 3. The van der Waals surface area contributed by atoms with Gasteiger partial charge < -0.3 is 42.7 Å². The minimum atomic E-state index is -5.45. The molecule has 17 heteroatoms. The average molecular weight is 900 g/mol. The second-order valence-corrected chi connectivity index (χ2v) is 15.9. The average Bonchev–Trinajstić information content (AvgIpc) is 3.28. The lowest BCUT2D eigenvalue weighted by atomic mass is 10.1. The first-order valence-corrected chi connectivity index (χ1v) is 21.0. The zero-order valence-corrected chi connectivity index (χ0v) is 35.2. The van der Waals surface area contributed by atoms with Crippen LogP contribution in [0.15, 0.2) is 142 Å². The predicted molar refractivity (Wildman–Crippen MR) is 239 cm³/mol. The van der Waals surface area contributed by atoms with Gasteiger partial charge in [-0.25, -0.2) is 13.2 Å². The number of phosphoric acid groups is 1. The van der Waals surface area contributed by atoms with Gasteiger partial charge in [-0.15, -0.1) is 0 Å². The number of fused-ring (bicyclic) bond motifs is 3. The molecule has 9 aromatic rings. The van der Waals surface area contributed by atoms with Gasteiger partial charge in [0.05, 0.1) is 54.0 Å². The third-order valence-corrected chi connectivity index (χ3v) is 11.6. The normalized spacial score (nSPS) is 11.5. The van der Waals surface area contributed by atoms with E-state index in [1.807, 2.05) is 0 Å². The monoisotopic (exact) mass is 899 g/mol. The van der Waals surface area contributed by atoms with E-state index in [4.69, 9.17) is 27.8 Å². The third kappa shape index (κ3) is 8.02. The van der Waals surface area contributed by atoms with Gasteiger partial charge in [-0.2, -0.15) is 4.57 Å². The molecule has 3 N–H and O–H groups in total. The highest BCUT2D eigenvalue weighted by atomic mass is 31.2. The molecule has 6 aromatic carbocycles. The maximum absolute atomic E-state index is 15.9. The summed E-state index contributed by atoms with van der Waals surface area (Å²) in [6.07, 6.45) is 0. The van der Waals surface area contributed by atoms with Crippen molar-refractivity contribution in [1.82, 2.24) is 15.0 Å². The number of rotatable bonds is 12. The standard InChI is InChI=1S/C48H33F3N3O10P/c1-59-40-16-13-31-43(37(55)22-34(52-31)25-7-4-10-28(49)19-25)46(40)62-65(58,63-47-41(60-2)17-14-32-44(47)38(56)23-35(53-32)26-8-5-11-29(50)20-26)64-48-42(61-3)18-15-33-45(48)39(57)24-36(54-33)27-9-6-12-30(51)21-27/h4-24H,1-3H3,(H,52,55)(H,53,56)(H,54,57). The maximum atomic E-state index is 15.9. The van der Waals surface area contributed by atoms with Crippen LogP contribution in [-0.4, -0.2) is 36.3 Å². The van der Waals surface area contributed by atoms with Gasteiger partial charge in [-0.3, -0.25) is 14.4 Å². The molecule has 326 valence electrons. The van der Waals surface area contributed by atoms with E-state index in [0.717, 1.165) is 0 Å². The number of aromatic amines is 3. The van der Waals surface area contributed by atoms with Crippen LogP contribution in [0, 0.1) is 17.5 Å². The second-order valence-electron chi connectivity index (χ2n) is 14.5. The van der Waals surface area contributed by atoms with Gasteiger partial charge in [-0.1, -0.05) is 36.4 Å². The van der Waals surface area contributed by atoms with Crippen molar-refractivity contribution >= 4 is 40.5 Å². The summed E-state index contributed by atoms with van der Waals surface area (Å²) < 4.78 is 94.3. The number of nitrogens with one attached hydrogen (secondary N) is 3. The summed E-state index contributed by atoms with van der Waals surface area (Å²) in [5.74, 6) is -3.37. The lowest BCUT2D eigenvalue weighted by Crippen LogP contribution is -2.15. The molecule has 0 amide bonds. The fourth-order valence-corrected chi connectivity index (χ4v) is 8.80. The van der Waals surface area contributed by atoms with Gasteiger partial charge in [0.25, 0.3) is 0 Å². The van der Waals surface area contributed by atoms with E-state index in [-0.39, 0.29) is 67.0 Å². The molecule has 3 heterocycles. The van der Waals surface area contributed by atoms with Crippen LogP contribution in [0.4, 0.5) is 13.2 Å². The van der Waals surface area contributed by atoms with E-state index in [9.17, 15) is 27.6 Å². The highest BCUT2D eigenvalue weighted by molar-refractivity contribution is 7.49. The summed E-state index contributed by atoms with van der Waals surface area (Å²) in [6, 6.07) is 28.9. The lowest BCUT2D eigenvalue weighted by molar-refractivity contribution is 0.282. The zero-order chi connectivity index (χ0) is 45.6. The van der Waals surface area contributed by atoms with Crippen LogP contribution in [0.1, 0.15) is 0 Å². The van der Waals surface area contributed by atoms with Crippen LogP contribution in [0.5, 0.6) is 34.5 Å². The molecule has 0 unspecified atom stereocenters. The summed E-state index contributed by atoms with van der Waals surface area (Å²) >= 11 is 0. The molecule has 0 aliphatic heterocycles. The maximum Gasteiger partial charge on any atom is 0.647 e. The topological polar surface area (TPSA) is 171 Å². The van der Waals surface area contributed by atoms with Crippen molar-refractivity contribution in [2.45, 2.75) is 0 Å². The summed E-state index contributed by atoms with van der Waals surface area (Å²) in [6.45, 7) is 0. The SMILES string of the molecule is COc1ccc2[nH]c(-c3cccc(F)c3)cc(=O)c2c1OP(=O)(Oc1c(OC)ccc2[nH]c(-c3cccc(F)c3)cc(=O)c12)Oc1c(OC)ccc2[nH]c(-c3cccc(F)c3)cc(=O)c12. The first kappa shape index (κ1) is 42.1. The Labute approximate surface area is 365 Å². The Balaban J connectivity index is 1.27.